The molecule has 3 amide bonds. The zero-order valence-corrected chi connectivity index (χ0v) is 21.0. The van der Waals surface area contributed by atoms with Gasteiger partial charge in [-0.05, 0) is 43.4 Å². The van der Waals surface area contributed by atoms with Gasteiger partial charge in [0.15, 0.2) is 0 Å². The zero-order chi connectivity index (χ0) is 24.5. The van der Waals surface area contributed by atoms with Crippen LogP contribution >= 0.6 is 11.8 Å². The molecule has 1 saturated heterocycles. The second-order valence-corrected chi connectivity index (χ2v) is 11.4. The molecule has 0 aromatic heterocycles. The summed E-state index contributed by atoms with van der Waals surface area (Å²) in [6.45, 7) is 8.46. The molecule has 7 heteroatoms. The molecular weight excluding hydrogens is 446 g/mol. The average molecular weight is 480 g/mol. The minimum absolute atomic E-state index is 0.0416. The summed E-state index contributed by atoms with van der Waals surface area (Å²) in [6, 6.07) is 16.2. The van der Waals surface area contributed by atoms with E-state index < -0.39 is 16.8 Å². The number of hydrogen-bond donors (Lipinski definition) is 2. The molecule has 0 radical (unpaired) electrons. The maximum absolute atomic E-state index is 13.6. The van der Waals surface area contributed by atoms with Crippen molar-refractivity contribution in [3.63, 3.8) is 0 Å². The first-order valence-corrected chi connectivity index (χ1v) is 12.8. The van der Waals surface area contributed by atoms with Crippen LogP contribution in [0.1, 0.15) is 61.0 Å². The number of fused-ring (bicyclic) bond motifs is 3. The summed E-state index contributed by atoms with van der Waals surface area (Å²) < 4.78 is -0.484. The topological polar surface area (TPSA) is 78.5 Å². The minimum atomic E-state index is -0.661. The fourth-order valence-electron chi connectivity index (χ4n) is 4.82. The summed E-state index contributed by atoms with van der Waals surface area (Å²) in [4.78, 5) is 41.7. The van der Waals surface area contributed by atoms with E-state index in [1.165, 1.54) is 0 Å². The van der Waals surface area contributed by atoms with Crippen molar-refractivity contribution in [2.24, 2.45) is 5.92 Å². The largest absolute Gasteiger partial charge is 0.354 e. The highest BCUT2D eigenvalue weighted by atomic mass is 32.2. The predicted octanol–water partition coefficient (Wildman–Crippen LogP) is 3.92. The van der Waals surface area contributed by atoms with E-state index in [2.05, 4.69) is 10.6 Å². The second kappa shape index (κ2) is 9.82. The normalized spacial score (nSPS) is 22.0. The second-order valence-electron chi connectivity index (χ2n) is 9.67. The van der Waals surface area contributed by atoms with E-state index in [1.807, 2.05) is 82.3 Å². The van der Waals surface area contributed by atoms with Crippen LogP contribution < -0.4 is 10.6 Å². The molecule has 34 heavy (non-hydrogen) atoms. The molecule has 6 nitrogen and oxygen atoms in total. The van der Waals surface area contributed by atoms with Gasteiger partial charge in [-0.25, -0.2) is 0 Å². The van der Waals surface area contributed by atoms with E-state index in [0.29, 0.717) is 12.1 Å². The van der Waals surface area contributed by atoms with Crippen molar-refractivity contribution in [1.29, 1.82) is 0 Å². The van der Waals surface area contributed by atoms with Gasteiger partial charge in [0, 0.05) is 16.9 Å². The summed E-state index contributed by atoms with van der Waals surface area (Å²) in [5.74, 6) is -0.620. The smallest absolute Gasteiger partial charge is 0.256 e. The number of rotatable bonds is 8. The number of benzene rings is 2. The highest BCUT2D eigenvalue weighted by molar-refractivity contribution is 8.01. The van der Waals surface area contributed by atoms with Crippen molar-refractivity contribution < 1.29 is 14.4 Å². The monoisotopic (exact) mass is 479 g/mol. The molecule has 4 rings (SSSR count). The first-order valence-electron chi connectivity index (χ1n) is 12.0. The zero-order valence-electron chi connectivity index (χ0n) is 20.2. The van der Waals surface area contributed by atoms with Gasteiger partial charge in [-0.2, -0.15) is 0 Å². The van der Waals surface area contributed by atoms with Gasteiger partial charge in [-0.15, -0.1) is 11.8 Å². The number of nitrogens with zero attached hydrogens (tertiary/aromatic N) is 1. The molecule has 0 unspecified atom stereocenters. The van der Waals surface area contributed by atoms with Crippen LogP contribution in [0.25, 0.3) is 0 Å². The SMILES string of the molecule is CC[C@H](C)[C@H](NC(=O)[C@H]1N2C(=O)c3ccccc3[C@H]2SC1(C)C)C(=O)NCCc1ccccc1. The van der Waals surface area contributed by atoms with Gasteiger partial charge in [-0.3, -0.25) is 14.4 Å². The van der Waals surface area contributed by atoms with Gasteiger partial charge >= 0.3 is 0 Å². The lowest BCUT2D eigenvalue weighted by Crippen LogP contribution is -2.58. The maximum atomic E-state index is 13.6. The third kappa shape index (κ3) is 4.58. The van der Waals surface area contributed by atoms with E-state index in [-0.39, 0.29) is 29.0 Å². The van der Waals surface area contributed by atoms with Crippen molar-refractivity contribution in [2.45, 2.75) is 62.7 Å². The van der Waals surface area contributed by atoms with E-state index in [1.54, 1.807) is 16.7 Å². The summed E-state index contributed by atoms with van der Waals surface area (Å²) in [6.07, 6.45) is 1.47. The molecule has 1 fully saturated rings. The van der Waals surface area contributed by atoms with Gasteiger partial charge in [0.1, 0.15) is 17.5 Å². The van der Waals surface area contributed by atoms with Crippen LogP contribution in [0.15, 0.2) is 54.6 Å². The predicted molar refractivity (Wildman–Crippen MR) is 135 cm³/mol. The summed E-state index contributed by atoms with van der Waals surface area (Å²) in [5.41, 5.74) is 2.76. The highest BCUT2D eigenvalue weighted by Gasteiger charge is 2.57. The Morgan fingerprint density at radius 3 is 2.47 bits per heavy atom. The number of carbonyl (C=O) groups excluding carboxylic acids is 3. The van der Waals surface area contributed by atoms with Crippen LogP contribution in [0.4, 0.5) is 0 Å². The minimum Gasteiger partial charge on any atom is -0.354 e. The number of amides is 3. The molecule has 2 N–H and O–H groups in total. The number of hydrogen-bond acceptors (Lipinski definition) is 4. The van der Waals surface area contributed by atoms with Gasteiger partial charge in [0.2, 0.25) is 11.8 Å². The van der Waals surface area contributed by atoms with Crippen molar-refractivity contribution >= 4 is 29.5 Å². The Kier molecular flexibility index (Phi) is 7.03. The summed E-state index contributed by atoms with van der Waals surface area (Å²) in [5, 5.41) is 5.82. The molecule has 0 spiro atoms. The average Bonchev–Trinajstić information content (AvgIpc) is 3.26. The Morgan fingerprint density at radius 2 is 1.76 bits per heavy atom. The summed E-state index contributed by atoms with van der Waals surface area (Å²) in [7, 11) is 0. The number of nitrogens with one attached hydrogen (secondary N) is 2. The van der Waals surface area contributed by atoms with Crippen LogP contribution in [-0.4, -0.2) is 46.0 Å². The van der Waals surface area contributed by atoms with E-state index in [4.69, 9.17) is 0 Å². The van der Waals surface area contributed by atoms with E-state index in [9.17, 15) is 14.4 Å². The van der Waals surface area contributed by atoms with Crippen molar-refractivity contribution in [3.05, 3.63) is 71.3 Å². The Labute approximate surface area is 205 Å². The molecule has 2 aliphatic rings. The van der Waals surface area contributed by atoms with Crippen molar-refractivity contribution in [3.8, 4) is 0 Å². The van der Waals surface area contributed by atoms with Crippen molar-refractivity contribution in [1.82, 2.24) is 15.5 Å². The van der Waals surface area contributed by atoms with Crippen LogP contribution in [0.3, 0.4) is 0 Å². The molecule has 0 saturated carbocycles. The maximum Gasteiger partial charge on any atom is 0.256 e. The fourth-order valence-corrected chi connectivity index (χ4v) is 6.41. The van der Waals surface area contributed by atoms with Crippen LogP contribution in [0.5, 0.6) is 0 Å². The Balaban J connectivity index is 1.48. The first kappa shape index (κ1) is 24.3. The molecule has 2 aromatic rings. The van der Waals surface area contributed by atoms with E-state index >= 15 is 0 Å². The standard InChI is InChI=1S/C27H33N3O3S/c1-5-17(2)21(23(31)28-16-15-18-11-7-6-8-12-18)29-24(32)22-27(3,4)34-26-20-14-10-9-13-19(20)25(33)30(22)26/h6-14,17,21-22,26H,5,15-16H2,1-4H3,(H,28,31)(H,29,32)/t17-,21-,22+,26+/m0/s1. The van der Waals surface area contributed by atoms with Crippen LogP contribution in [-0.2, 0) is 16.0 Å². The Morgan fingerprint density at radius 1 is 1.09 bits per heavy atom. The molecular formula is C27H33N3O3S. The van der Waals surface area contributed by atoms with E-state index in [0.717, 1.165) is 24.0 Å². The molecule has 2 aliphatic heterocycles. The molecule has 4 atom stereocenters. The van der Waals surface area contributed by atoms with Gasteiger partial charge in [0.25, 0.3) is 5.91 Å². The first-order chi connectivity index (χ1) is 16.2. The van der Waals surface area contributed by atoms with Crippen molar-refractivity contribution in [2.75, 3.05) is 6.54 Å². The molecule has 180 valence electrons. The quantitative estimate of drug-likeness (QED) is 0.602. The highest BCUT2D eigenvalue weighted by Crippen LogP contribution is 2.56. The van der Waals surface area contributed by atoms with Gasteiger partial charge in [-0.1, -0.05) is 68.8 Å². The van der Waals surface area contributed by atoms with Gasteiger partial charge < -0.3 is 15.5 Å². The Hall–Kier alpha value is -2.80. The molecule has 2 aromatic carbocycles. The molecule has 2 heterocycles. The molecule has 0 bridgehead atoms. The Bertz CT molecular complexity index is 1070. The van der Waals surface area contributed by atoms with Crippen LogP contribution in [0, 0.1) is 5.92 Å². The lowest BCUT2D eigenvalue weighted by Gasteiger charge is -2.32. The lowest BCUT2D eigenvalue weighted by molar-refractivity contribution is -0.132. The third-order valence-electron chi connectivity index (χ3n) is 6.89. The summed E-state index contributed by atoms with van der Waals surface area (Å²) >= 11 is 1.63. The third-order valence-corrected chi connectivity index (χ3v) is 8.43. The fraction of sp³-hybridized carbons (Fsp3) is 0.444. The van der Waals surface area contributed by atoms with Gasteiger partial charge in [0.05, 0.1) is 0 Å². The van der Waals surface area contributed by atoms with Crippen LogP contribution in [0.2, 0.25) is 0 Å². The number of carbonyl (C=O) groups is 3. The molecule has 0 aliphatic carbocycles. The number of thioether (sulfide) groups is 1. The lowest BCUT2D eigenvalue weighted by atomic mass is 9.95.